The molecule has 0 spiro atoms. The summed E-state index contributed by atoms with van der Waals surface area (Å²) in [5.74, 6) is -0.0775. The first kappa shape index (κ1) is 23.7. The summed E-state index contributed by atoms with van der Waals surface area (Å²) in [7, 11) is 0. The fraction of sp³-hybridized carbons (Fsp3) is 0.435. The molecular weight excluding hydrogens is 320 g/mol. The van der Waals surface area contributed by atoms with E-state index in [-0.39, 0.29) is 17.7 Å². The lowest BCUT2D eigenvalue weighted by Gasteiger charge is -2.46. The second kappa shape index (κ2) is 11.3. The van der Waals surface area contributed by atoms with Crippen molar-refractivity contribution in [1.82, 2.24) is 4.90 Å². The van der Waals surface area contributed by atoms with E-state index < -0.39 is 0 Å². The van der Waals surface area contributed by atoms with Crippen molar-refractivity contribution in [2.45, 2.75) is 54.5 Å². The number of likely N-dealkylation sites (N-methyl/N-ethyl adjacent to an activating group) is 1. The van der Waals surface area contributed by atoms with E-state index in [1.165, 1.54) is 0 Å². The molecular formula is C23H36N2O. The molecule has 3 heteroatoms. The fourth-order valence-corrected chi connectivity index (χ4v) is 3.38. The van der Waals surface area contributed by atoms with Crippen LogP contribution in [0.5, 0.6) is 0 Å². The summed E-state index contributed by atoms with van der Waals surface area (Å²) in [6.45, 7) is 22.7. The molecule has 0 radical (unpaired) electrons. The van der Waals surface area contributed by atoms with Crippen LogP contribution >= 0.6 is 0 Å². The molecule has 1 saturated heterocycles. The average molecular weight is 357 g/mol. The summed E-state index contributed by atoms with van der Waals surface area (Å²) >= 11 is 0. The van der Waals surface area contributed by atoms with Crippen molar-refractivity contribution in [3.8, 4) is 0 Å². The van der Waals surface area contributed by atoms with Gasteiger partial charge in [-0.05, 0) is 57.4 Å². The molecule has 1 aliphatic heterocycles. The number of rotatable bonds is 5. The molecule has 0 aliphatic carbocycles. The van der Waals surface area contributed by atoms with Gasteiger partial charge in [-0.3, -0.25) is 0 Å². The summed E-state index contributed by atoms with van der Waals surface area (Å²) < 4.78 is 0. The van der Waals surface area contributed by atoms with Crippen molar-refractivity contribution >= 4 is 5.71 Å². The van der Waals surface area contributed by atoms with Gasteiger partial charge in [-0.25, -0.2) is 0 Å². The lowest BCUT2D eigenvalue weighted by atomic mass is 9.75. The molecule has 0 amide bonds. The summed E-state index contributed by atoms with van der Waals surface area (Å²) in [5.41, 5.74) is 4.59. The Kier molecular flexibility index (Phi) is 10.3. The zero-order chi connectivity index (χ0) is 20.4. The number of likely N-dealkylation sites (tertiary alicyclic amines) is 1. The van der Waals surface area contributed by atoms with Crippen molar-refractivity contribution in [3.05, 3.63) is 71.7 Å². The maximum absolute atomic E-state index is 10.4. The van der Waals surface area contributed by atoms with Gasteiger partial charge >= 0.3 is 0 Å². The third kappa shape index (κ3) is 5.10. The van der Waals surface area contributed by atoms with Gasteiger partial charge in [-0.1, -0.05) is 51.3 Å². The minimum atomic E-state index is -0.228. The van der Waals surface area contributed by atoms with Crippen LogP contribution in [0.3, 0.4) is 0 Å². The predicted molar refractivity (Wildman–Crippen MR) is 116 cm³/mol. The van der Waals surface area contributed by atoms with E-state index >= 15 is 0 Å². The highest BCUT2D eigenvalue weighted by atomic mass is 16.3. The van der Waals surface area contributed by atoms with Gasteiger partial charge < -0.3 is 15.4 Å². The van der Waals surface area contributed by atoms with Gasteiger partial charge in [0.15, 0.2) is 0 Å². The highest BCUT2D eigenvalue weighted by Gasteiger charge is 2.40. The standard InChI is InChI=1S/C21H30N2O.C2H6/c1-8-17(13-12-14(5)22)21-20(16(7)24)19(10-3)18(9-2)15(6)23(21)11-4;1-2/h8-10,12-13,20-22,24H,6-7,11H2,1-5H3;1-2H3/b13-12-,17-8+,18-9-,19-10+,22-14?;. The molecule has 1 heterocycles. The van der Waals surface area contributed by atoms with Gasteiger partial charge in [-0.15, -0.1) is 0 Å². The highest BCUT2D eigenvalue weighted by molar-refractivity contribution is 5.90. The van der Waals surface area contributed by atoms with Crippen LogP contribution in [0.4, 0.5) is 0 Å². The maximum atomic E-state index is 10.4. The Morgan fingerprint density at radius 3 is 2.12 bits per heavy atom. The lowest BCUT2D eigenvalue weighted by molar-refractivity contribution is 0.210. The van der Waals surface area contributed by atoms with Crippen LogP contribution < -0.4 is 0 Å². The van der Waals surface area contributed by atoms with Gasteiger partial charge in [-0.2, -0.15) is 0 Å². The quantitative estimate of drug-likeness (QED) is 0.342. The molecule has 144 valence electrons. The molecule has 26 heavy (non-hydrogen) atoms. The van der Waals surface area contributed by atoms with E-state index in [4.69, 9.17) is 5.41 Å². The van der Waals surface area contributed by atoms with Crippen LogP contribution in [0, 0.1) is 11.3 Å². The summed E-state index contributed by atoms with van der Waals surface area (Å²) in [6.07, 6.45) is 9.84. The summed E-state index contributed by atoms with van der Waals surface area (Å²) in [6, 6.07) is -0.0875. The molecule has 1 aliphatic rings. The SMILES string of the molecule is C=C(O)C1C(=C/C)/C(=C\C)C(=C)N(CC)C1C(/C=C\C(C)=N)=C/C.CC. The molecule has 0 saturated carbocycles. The average Bonchev–Trinajstić information content (AvgIpc) is 2.62. The van der Waals surface area contributed by atoms with E-state index in [1.807, 2.05) is 58.9 Å². The number of aliphatic hydroxyl groups is 1. The summed E-state index contributed by atoms with van der Waals surface area (Å²) in [4.78, 5) is 2.20. The van der Waals surface area contributed by atoms with Crippen molar-refractivity contribution in [2.24, 2.45) is 5.92 Å². The molecule has 1 fully saturated rings. The Balaban J connectivity index is 0.00000301. The molecule has 3 nitrogen and oxygen atoms in total. The monoisotopic (exact) mass is 356 g/mol. The Morgan fingerprint density at radius 2 is 1.77 bits per heavy atom. The second-order valence-electron chi connectivity index (χ2n) is 5.90. The van der Waals surface area contributed by atoms with Crippen molar-refractivity contribution < 1.29 is 5.11 Å². The maximum Gasteiger partial charge on any atom is 0.0950 e. The van der Waals surface area contributed by atoms with Gasteiger partial charge in [0.1, 0.15) is 0 Å². The Hall–Kier alpha value is -2.29. The number of hydrogen-bond acceptors (Lipinski definition) is 3. The lowest BCUT2D eigenvalue weighted by Crippen LogP contribution is -2.47. The van der Waals surface area contributed by atoms with Crippen LogP contribution in [0.15, 0.2) is 71.7 Å². The van der Waals surface area contributed by atoms with E-state index in [2.05, 4.69) is 25.0 Å². The number of allylic oxidation sites excluding steroid dienone is 5. The molecule has 2 N–H and O–H groups in total. The zero-order valence-electron chi connectivity index (χ0n) is 17.6. The molecule has 0 bridgehead atoms. The van der Waals surface area contributed by atoms with Gasteiger partial charge in [0.2, 0.25) is 0 Å². The highest BCUT2D eigenvalue weighted by Crippen LogP contribution is 2.43. The molecule has 0 aromatic rings. The number of nitrogens with one attached hydrogen (secondary N) is 1. The zero-order valence-corrected chi connectivity index (χ0v) is 17.6. The van der Waals surface area contributed by atoms with Crippen LogP contribution in [-0.2, 0) is 0 Å². The van der Waals surface area contributed by atoms with Crippen LogP contribution in [0.2, 0.25) is 0 Å². The first-order valence-electron chi connectivity index (χ1n) is 9.39. The first-order valence-corrected chi connectivity index (χ1v) is 9.39. The molecule has 2 atom stereocenters. The number of nitrogens with zero attached hydrogens (tertiary/aromatic N) is 1. The Labute approximate surface area is 160 Å². The summed E-state index contributed by atoms with van der Waals surface area (Å²) in [5, 5.41) is 18.0. The minimum absolute atomic E-state index is 0.0875. The van der Waals surface area contributed by atoms with E-state index in [1.54, 1.807) is 13.0 Å². The van der Waals surface area contributed by atoms with Crippen LogP contribution in [0.1, 0.15) is 48.5 Å². The number of aliphatic hydroxyl groups excluding tert-OH is 1. The van der Waals surface area contributed by atoms with Gasteiger partial charge in [0.25, 0.3) is 0 Å². The van der Waals surface area contributed by atoms with E-state index in [9.17, 15) is 5.11 Å². The van der Waals surface area contributed by atoms with Gasteiger partial charge in [0, 0.05) is 18.0 Å². The van der Waals surface area contributed by atoms with Crippen molar-refractivity contribution in [1.29, 1.82) is 5.41 Å². The molecule has 0 aromatic heterocycles. The largest absolute Gasteiger partial charge is 0.512 e. The molecule has 0 aromatic carbocycles. The fourth-order valence-electron chi connectivity index (χ4n) is 3.38. The normalized spacial score (nSPS) is 24.0. The first-order chi connectivity index (χ1) is 12.3. The topological polar surface area (TPSA) is 47.3 Å². The molecule has 1 rings (SSSR count). The van der Waals surface area contributed by atoms with Crippen LogP contribution in [-0.4, -0.2) is 28.3 Å². The molecule has 2 unspecified atom stereocenters. The number of hydrogen-bond donors (Lipinski definition) is 2. The van der Waals surface area contributed by atoms with Gasteiger partial charge in [0.05, 0.1) is 17.7 Å². The van der Waals surface area contributed by atoms with Crippen molar-refractivity contribution in [2.75, 3.05) is 6.54 Å². The third-order valence-corrected chi connectivity index (χ3v) is 4.46. The smallest absolute Gasteiger partial charge is 0.0950 e. The van der Waals surface area contributed by atoms with E-state index in [0.717, 1.165) is 29.0 Å². The second-order valence-corrected chi connectivity index (χ2v) is 5.90. The van der Waals surface area contributed by atoms with Crippen molar-refractivity contribution in [3.63, 3.8) is 0 Å². The number of piperidine rings is 1. The third-order valence-electron chi connectivity index (χ3n) is 4.46. The predicted octanol–water partition coefficient (Wildman–Crippen LogP) is 6.35. The minimum Gasteiger partial charge on any atom is -0.512 e. The van der Waals surface area contributed by atoms with E-state index in [0.29, 0.717) is 5.71 Å². The Morgan fingerprint density at radius 1 is 1.19 bits per heavy atom. The Bertz CT molecular complexity index is 647. The van der Waals surface area contributed by atoms with Crippen LogP contribution in [0.25, 0.3) is 0 Å².